The molecule has 1 N–H and O–H groups in total. The molecular weight excluding hydrogens is 292 g/mol. The maximum atomic E-state index is 11.9. The minimum atomic E-state index is -2.10. The van der Waals surface area contributed by atoms with Gasteiger partial charge in [-0.15, -0.1) is 0 Å². The zero-order valence-corrected chi connectivity index (χ0v) is 12.9. The van der Waals surface area contributed by atoms with Crippen molar-refractivity contribution in [2.24, 2.45) is 0 Å². The molecule has 0 aliphatic carbocycles. The molecule has 1 aliphatic rings. The maximum Gasteiger partial charge on any atom is 0.0475 e. The van der Waals surface area contributed by atoms with E-state index in [1.165, 1.54) is 16.5 Å². The summed E-state index contributed by atoms with van der Waals surface area (Å²) in [6.45, 7) is 1.47. The van der Waals surface area contributed by atoms with Crippen molar-refractivity contribution in [1.82, 2.24) is 9.29 Å². The van der Waals surface area contributed by atoms with Crippen LogP contribution in [0.3, 0.4) is 0 Å². The van der Waals surface area contributed by atoms with Gasteiger partial charge in [-0.3, -0.25) is 4.21 Å². The highest BCUT2D eigenvalue weighted by Crippen LogP contribution is 2.30. The highest BCUT2D eigenvalue weighted by molar-refractivity contribution is 7.97. The second-order valence-corrected chi connectivity index (χ2v) is 8.09. The monoisotopic (exact) mass is 308 g/mol. The third kappa shape index (κ3) is 2.51. The Morgan fingerprint density at radius 1 is 1.45 bits per heavy atom. The minimum Gasteiger partial charge on any atom is -0.361 e. The summed E-state index contributed by atoms with van der Waals surface area (Å²) in [4.78, 5) is 3.26. The zero-order valence-electron chi connectivity index (χ0n) is 11.4. The van der Waals surface area contributed by atoms with Crippen molar-refractivity contribution >= 4 is 43.7 Å². The number of fused-ring (bicyclic) bond motifs is 1. The predicted molar refractivity (Wildman–Crippen MR) is 88.7 cm³/mol. The summed E-state index contributed by atoms with van der Waals surface area (Å²) in [5.74, 6) is 3.75. The number of benzene rings is 1. The van der Waals surface area contributed by atoms with Gasteiger partial charge in [0.05, 0.1) is 0 Å². The quantitative estimate of drug-likeness (QED) is 0.850. The number of aromatic nitrogens is 1. The summed E-state index contributed by atoms with van der Waals surface area (Å²) in [6.07, 6.45) is 6.75. The van der Waals surface area contributed by atoms with Crippen LogP contribution in [0.2, 0.25) is 5.02 Å². The summed E-state index contributed by atoms with van der Waals surface area (Å²) in [6, 6.07) is 5.89. The van der Waals surface area contributed by atoms with Crippen LogP contribution in [0.1, 0.15) is 12.0 Å². The van der Waals surface area contributed by atoms with Gasteiger partial charge in [0.25, 0.3) is 0 Å². The second kappa shape index (κ2) is 4.95. The average molecular weight is 309 g/mol. The third-order valence-electron chi connectivity index (χ3n) is 3.71. The molecule has 0 spiro atoms. The van der Waals surface area contributed by atoms with Gasteiger partial charge in [-0.25, -0.2) is 4.31 Å². The number of halogens is 1. The lowest BCUT2D eigenvalue weighted by Crippen LogP contribution is -2.33. The van der Waals surface area contributed by atoms with Gasteiger partial charge in [0.2, 0.25) is 0 Å². The van der Waals surface area contributed by atoms with Gasteiger partial charge >= 0.3 is 0 Å². The van der Waals surface area contributed by atoms with Crippen LogP contribution < -0.4 is 0 Å². The van der Waals surface area contributed by atoms with Crippen molar-refractivity contribution in [1.29, 1.82) is 0 Å². The Morgan fingerprint density at radius 3 is 2.90 bits per heavy atom. The Kier molecular flexibility index (Phi) is 3.40. The van der Waals surface area contributed by atoms with Crippen molar-refractivity contribution in [2.45, 2.75) is 6.42 Å². The molecule has 20 heavy (non-hydrogen) atoms. The predicted octanol–water partition coefficient (Wildman–Crippen LogP) is 3.17. The highest BCUT2D eigenvalue weighted by Gasteiger charge is 2.18. The smallest absolute Gasteiger partial charge is 0.0475 e. The van der Waals surface area contributed by atoms with Crippen molar-refractivity contribution in [2.75, 3.05) is 19.3 Å². The molecule has 2 aromatic rings. The van der Waals surface area contributed by atoms with Gasteiger partial charge in [-0.1, -0.05) is 23.7 Å². The molecular formula is C15H17ClN2OS. The molecule has 1 aliphatic heterocycles. The van der Waals surface area contributed by atoms with Crippen LogP contribution in [0.5, 0.6) is 0 Å². The van der Waals surface area contributed by atoms with Gasteiger partial charge in [0.15, 0.2) is 0 Å². The van der Waals surface area contributed by atoms with E-state index < -0.39 is 9.71 Å². The molecule has 0 radical (unpaired) electrons. The fourth-order valence-corrected chi connectivity index (χ4v) is 3.65. The molecule has 0 amide bonds. The fourth-order valence-electron chi connectivity index (χ4n) is 2.61. The molecule has 0 saturated carbocycles. The molecule has 1 aromatic carbocycles. The van der Waals surface area contributed by atoms with Gasteiger partial charge < -0.3 is 4.98 Å². The van der Waals surface area contributed by atoms with E-state index in [0.29, 0.717) is 6.54 Å². The van der Waals surface area contributed by atoms with Gasteiger partial charge in [-0.2, -0.15) is 0 Å². The third-order valence-corrected chi connectivity index (χ3v) is 5.37. The molecule has 1 unspecified atom stereocenters. The first kappa shape index (κ1) is 13.7. The lowest BCUT2D eigenvalue weighted by atomic mass is 10.00. The molecule has 106 valence electrons. The molecule has 0 bridgehead atoms. The number of H-pyrrole nitrogens is 1. The SMILES string of the molecule is C=S(C)(=O)N1CC=C(c2c[nH]c3cc(Cl)ccc23)CC1. The van der Waals surface area contributed by atoms with E-state index in [2.05, 4.69) is 16.9 Å². The first-order valence-corrected chi connectivity index (χ1v) is 8.95. The number of nitrogens with one attached hydrogen (secondary N) is 1. The summed E-state index contributed by atoms with van der Waals surface area (Å²) >= 11 is 6.00. The van der Waals surface area contributed by atoms with Gasteiger partial charge in [-0.05, 0) is 30.0 Å². The molecule has 3 nitrogen and oxygen atoms in total. The van der Waals surface area contributed by atoms with E-state index in [0.717, 1.165) is 23.5 Å². The highest BCUT2D eigenvalue weighted by atomic mass is 35.5. The van der Waals surface area contributed by atoms with Crippen LogP contribution in [0.4, 0.5) is 0 Å². The lowest BCUT2D eigenvalue weighted by Gasteiger charge is -2.27. The van der Waals surface area contributed by atoms with Crippen molar-refractivity contribution in [3.05, 3.63) is 41.1 Å². The van der Waals surface area contributed by atoms with Crippen LogP contribution in [-0.2, 0) is 9.71 Å². The summed E-state index contributed by atoms with van der Waals surface area (Å²) in [5, 5.41) is 1.92. The minimum absolute atomic E-state index is 0.689. The van der Waals surface area contributed by atoms with Crippen molar-refractivity contribution in [3.63, 3.8) is 0 Å². The number of nitrogens with zero attached hydrogens (tertiary/aromatic N) is 1. The lowest BCUT2D eigenvalue weighted by molar-refractivity contribution is 0.484. The maximum absolute atomic E-state index is 11.9. The van der Waals surface area contributed by atoms with Crippen molar-refractivity contribution in [3.8, 4) is 0 Å². The Hall–Kier alpha value is -1.23. The Bertz CT molecular complexity index is 789. The first-order chi connectivity index (χ1) is 9.45. The van der Waals surface area contributed by atoms with Crippen LogP contribution >= 0.6 is 11.6 Å². The summed E-state index contributed by atoms with van der Waals surface area (Å²) < 4.78 is 13.9. The van der Waals surface area contributed by atoms with Crippen LogP contribution in [0, 0.1) is 0 Å². The van der Waals surface area contributed by atoms with Gasteiger partial charge in [0.1, 0.15) is 0 Å². The van der Waals surface area contributed by atoms with E-state index in [1.807, 2.05) is 28.7 Å². The molecule has 1 atom stereocenters. The largest absolute Gasteiger partial charge is 0.361 e. The molecule has 0 saturated heterocycles. The normalized spacial score (nSPS) is 19.8. The molecule has 5 heteroatoms. The fraction of sp³-hybridized carbons (Fsp3) is 0.267. The number of aromatic amines is 1. The number of hydrogen-bond acceptors (Lipinski definition) is 1. The standard InChI is InChI=1S/C15H17ClN2OS/c1-20(2,19)18-7-5-11(6-8-18)14-10-17-15-9-12(16)3-4-13(14)15/h3-5,9-10,17H,1,6-8H2,2H3. The topological polar surface area (TPSA) is 36.1 Å². The van der Waals surface area contributed by atoms with E-state index in [-0.39, 0.29) is 0 Å². The average Bonchev–Trinajstić information content (AvgIpc) is 2.80. The number of hydrogen-bond donors (Lipinski definition) is 1. The van der Waals surface area contributed by atoms with E-state index in [4.69, 9.17) is 11.6 Å². The van der Waals surface area contributed by atoms with Crippen LogP contribution in [0.15, 0.2) is 30.5 Å². The second-order valence-electron chi connectivity index (χ2n) is 5.22. The molecule has 2 heterocycles. The molecule has 0 fully saturated rings. The Labute approximate surface area is 124 Å². The molecule has 3 rings (SSSR count). The number of rotatable bonds is 2. The van der Waals surface area contributed by atoms with Crippen LogP contribution in [0.25, 0.3) is 16.5 Å². The molecule has 1 aromatic heterocycles. The summed E-state index contributed by atoms with van der Waals surface area (Å²) in [5.41, 5.74) is 3.55. The van der Waals surface area contributed by atoms with Crippen LogP contribution in [-0.4, -0.2) is 38.7 Å². The van der Waals surface area contributed by atoms with E-state index >= 15 is 0 Å². The summed E-state index contributed by atoms with van der Waals surface area (Å²) in [7, 11) is -2.10. The van der Waals surface area contributed by atoms with E-state index in [1.54, 1.807) is 6.26 Å². The van der Waals surface area contributed by atoms with E-state index in [9.17, 15) is 4.21 Å². The van der Waals surface area contributed by atoms with Gasteiger partial charge in [0, 0.05) is 56.7 Å². The first-order valence-electron chi connectivity index (χ1n) is 6.48. The Balaban J connectivity index is 1.95. The Morgan fingerprint density at radius 2 is 2.25 bits per heavy atom. The van der Waals surface area contributed by atoms with Crippen molar-refractivity contribution < 1.29 is 4.21 Å². The zero-order chi connectivity index (χ0) is 14.3.